The largest absolute Gasteiger partial charge is 0.478 e. The van der Waals surface area contributed by atoms with Crippen LogP contribution in [0, 0.1) is 0 Å². The normalized spacial score (nSPS) is 10.5. The van der Waals surface area contributed by atoms with Crippen LogP contribution in [0.15, 0.2) is 60.7 Å². The first kappa shape index (κ1) is 23.6. The second-order valence-corrected chi connectivity index (χ2v) is 8.17. The maximum atomic E-state index is 12.5. The number of nitrogens with two attached hydrogens (primary N) is 2. The number of hydrogen-bond donors (Lipinski definition) is 4. The third kappa shape index (κ3) is 6.03. The van der Waals surface area contributed by atoms with Gasteiger partial charge >= 0.3 is 5.97 Å². The number of hydrogen-bond acceptors (Lipinski definition) is 7. The van der Waals surface area contributed by atoms with E-state index in [1.54, 1.807) is 48.5 Å². The van der Waals surface area contributed by atoms with Crippen molar-refractivity contribution in [1.82, 2.24) is 0 Å². The van der Waals surface area contributed by atoms with Crippen LogP contribution in [0.3, 0.4) is 0 Å². The number of amides is 2. The molecule has 1 heterocycles. The summed E-state index contributed by atoms with van der Waals surface area (Å²) in [6.45, 7) is -0.0203. The number of para-hydroxylation sites is 1. The highest BCUT2D eigenvalue weighted by atomic mass is 32.1. The lowest BCUT2D eigenvalue weighted by atomic mass is 10.0. The summed E-state index contributed by atoms with van der Waals surface area (Å²) in [4.78, 5) is 47.2. The summed E-state index contributed by atoms with van der Waals surface area (Å²) in [5.41, 5.74) is 6.88. The number of nitrogens with zero attached hydrogens (tertiary/aromatic N) is 1. The predicted molar refractivity (Wildman–Crippen MR) is 125 cm³/mol. The Bertz CT molecular complexity index is 1140. The van der Waals surface area contributed by atoms with Crippen molar-refractivity contribution in [1.29, 1.82) is 0 Å². The topological polar surface area (TPSA) is 156 Å². The molecule has 2 aromatic carbocycles. The summed E-state index contributed by atoms with van der Waals surface area (Å²) in [5.74, 6) is 3.37. The number of nitrogens with one attached hydrogen (secondary N) is 1. The average molecular weight is 467 g/mol. The van der Waals surface area contributed by atoms with E-state index in [0.29, 0.717) is 22.7 Å². The minimum absolute atomic E-state index is 0.0203. The average Bonchev–Trinajstić information content (AvgIpc) is 3.26. The zero-order valence-corrected chi connectivity index (χ0v) is 18.3. The van der Waals surface area contributed by atoms with E-state index in [1.807, 2.05) is 6.07 Å². The molecule has 3 aromatic rings. The van der Waals surface area contributed by atoms with Crippen LogP contribution < -0.4 is 21.9 Å². The summed E-state index contributed by atoms with van der Waals surface area (Å²) in [6.07, 6.45) is 0.713. The number of carbonyl (C=O) groups is 4. The van der Waals surface area contributed by atoms with E-state index in [0.717, 1.165) is 21.9 Å². The predicted octanol–water partition coefficient (Wildman–Crippen LogP) is 2.68. The molecule has 9 nitrogen and oxygen atoms in total. The molecule has 0 saturated heterocycles. The molecule has 0 spiro atoms. The summed E-state index contributed by atoms with van der Waals surface area (Å²) in [5, 5.41) is 13.4. The van der Waals surface area contributed by atoms with Crippen LogP contribution in [0.25, 0.3) is 0 Å². The Morgan fingerprint density at radius 3 is 2.24 bits per heavy atom. The molecule has 6 N–H and O–H groups in total. The van der Waals surface area contributed by atoms with Gasteiger partial charge in [0, 0.05) is 12.0 Å². The lowest BCUT2D eigenvalue weighted by Crippen LogP contribution is -2.37. The van der Waals surface area contributed by atoms with Crippen molar-refractivity contribution in [3.63, 3.8) is 0 Å². The van der Waals surface area contributed by atoms with E-state index in [1.165, 1.54) is 6.07 Å². The van der Waals surface area contributed by atoms with Gasteiger partial charge in [0.05, 0.1) is 22.8 Å². The Balaban J connectivity index is 1.52. The number of rotatable bonds is 10. The van der Waals surface area contributed by atoms with Crippen molar-refractivity contribution in [2.45, 2.75) is 12.8 Å². The van der Waals surface area contributed by atoms with E-state index in [9.17, 15) is 19.2 Å². The number of ketones is 1. The first-order valence-corrected chi connectivity index (χ1v) is 10.7. The van der Waals surface area contributed by atoms with Crippen LogP contribution >= 0.6 is 11.3 Å². The zero-order valence-electron chi connectivity index (χ0n) is 17.5. The smallest absolute Gasteiger partial charge is 0.337 e. The number of carboxylic acid groups (broad SMARTS) is 1. The number of thiophene rings is 1. The number of primary amides is 1. The number of benzene rings is 2. The van der Waals surface area contributed by atoms with Crippen molar-refractivity contribution < 1.29 is 24.3 Å². The number of carbonyl (C=O) groups excluding carboxylic acids is 3. The van der Waals surface area contributed by atoms with Crippen molar-refractivity contribution in [2.75, 3.05) is 16.9 Å². The van der Waals surface area contributed by atoms with Crippen LogP contribution in [0.5, 0.6) is 0 Å². The molecule has 0 aliphatic carbocycles. The highest BCUT2D eigenvalue weighted by Gasteiger charge is 2.19. The minimum atomic E-state index is -1.26. The molecular formula is C23H22N4O5S. The van der Waals surface area contributed by atoms with E-state index in [-0.39, 0.29) is 35.1 Å². The Morgan fingerprint density at radius 1 is 1.00 bits per heavy atom. The number of carboxylic acids is 1. The van der Waals surface area contributed by atoms with Gasteiger partial charge in [0.15, 0.2) is 5.78 Å². The summed E-state index contributed by atoms with van der Waals surface area (Å²) >= 11 is 0.892. The van der Waals surface area contributed by atoms with Gasteiger partial charge in [-0.3, -0.25) is 14.4 Å². The van der Waals surface area contributed by atoms with Crippen LogP contribution in [-0.2, 0) is 11.2 Å². The van der Waals surface area contributed by atoms with Crippen LogP contribution in [0.2, 0.25) is 0 Å². The third-order valence-corrected chi connectivity index (χ3v) is 5.90. The lowest BCUT2D eigenvalue weighted by molar-refractivity contribution is -0.117. The standard InChI is InChI=1S/C23H22N4O5S/c24-21(29)20-18(23(31)32)12-19(33-20)26-13-17(28)11-8-14-6-9-15(10-7-14)22(30)27(25)16-4-2-1-3-5-16/h1-7,9-10,12,26H,8,11,13,25H2,(H2,24,29)(H,31,32). The second-order valence-electron chi connectivity index (χ2n) is 7.12. The molecule has 0 fully saturated rings. The van der Waals surface area contributed by atoms with Crippen LogP contribution in [0.1, 0.15) is 42.4 Å². The Morgan fingerprint density at radius 2 is 1.67 bits per heavy atom. The second kappa shape index (κ2) is 10.5. The maximum absolute atomic E-state index is 12.5. The van der Waals surface area contributed by atoms with Gasteiger partial charge in [0.25, 0.3) is 11.8 Å². The van der Waals surface area contributed by atoms with Crippen LogP contribution in [-0.4, -0.2) is 35.2 Å². The van der Waals surface area contributed by atoms with E-state index in [4.69, 9.17) is 16.7 Å². The molecule has 2 amide bonds. The van der Waals surface area contributed by atoms with Crippen LogP contribution in [0.4, 0.5) is 10.7 Å². The molecule has 0 aliphatic rings. The molecule has 0 radical (unpaired) electrons. The van der Waals surface area contributed by atoms with Gasteiger partial charge in [-0.15, -0.1) is 11.3 Å². The SMILES string of the molecule is NC(=O)c1sc(NCC(=O)CCc2ccc(C(=O)N(N)c3ccccc3)cc2)cc1C(=O)O. The fourth-order valence-electron chi connectivity index (χ4n) is 3.04. The molecule has 170 valence electrons. The Labute approximate surface area is 193 Å². The number of aryl methyl sites for hydroxylation is 1. The van der Waals surface area contributed by atoms with Crippen molar-refractivity contribution >= 4 is 45.6 Å². The molecule has 0 unspecified atom stereocenters. The lowest BCUT2D eigenvalue weighted by Gasteiger charge is -2.16. The van der Waals surface area contributed by atoms with E-state index in [2.05, 4.69) is 5.32 Å². The highest BCUT2D eigenvalue weighted by Crippen LogP contribution is 2.27. The number of anilines is 2. The monoisotopic (exact) mass is 466 g/mol. The molecule has 0 bridgehead atoms. The van der Waals surface area contributed by atoms with Gasteiger partial charge in [0.2, 0.25) is 0 Å². The fourth-order valence-corrected chi connectivity index (χ4v) is 3.93. The summed E-state index contributed by atoms with van der Waals surface area (Å²) < 4.78 is 0. The Hall–Kier alpha value is -4.02. The van der Waals surface area contributed by atoms with Crippen molar-refractivity contribution in [3.8, 4) is 0 Å². The molecule has 0 saturated carbocycles. The molecule has 3 rings (SSSR count). The number of aromatic carboxylic acids is 1. The van der Waals surface area contributed by atoms with Gasteiger partial charge in [-0.1, -0.05) is 30.3 Å². The molecule has 1 aromatic heterocycles. The zero-order chi connectivity index (χ0) is 24.0. The van der Waals surface area contributed by atoms with Crippen molar-refractivity contribution in [3.05, 3.63) is 82.2 Å². The highest BCUT2D eigenvalue weighted by molar-refractivity contribution is 7.18. The Kier molecular flexibility index (Phi) is 7.54. The molecular weight excluding hydrogens is 444 g/mol. The van der Waals surface area contributed by atoms with Gasteiger partial charge in [-0.25, -0.2) is 15.6 Å². The maximum Gasteiger partial charge on any atom is 0.337 e. The van der Waals surface area contributed by atoms with Gasteiger partial charge in [-0.2, -0.15) is 0 Å². The summed E-state index contributed by atoms with van der Waals surface area (Å²) in [6, 6.07) is 17.0. The minimum Gasteiger partial charge on any atom is -0.478 e. The van der Waals surface area contributed by atoms with E-state index >= 15 is 0 Å². The third-order valence-electron chi connectivity index (χ3n) is 4.79. The molecule has 33 heavy (non-hydrogen) atoms. The molecule has 0 aliphatic heterocycles. The summed E-state index contributed by atoms with van der Waals surface area (Å²) in [7, 11) is 0. The molecule has 0 atom stereocenters. The quantitative estimate of drug-likeness (QED) is 0.203. The van der Waals surface area contributed by atoms with E-state index < -0.39 is 11.9 Å². The number of Topliss-reactive ketones (excluding diaryl/α,β-unsaturated/α-hetero) is 1. The van der Waals surface area contributed by atoms with Gasteiger partial charge in [0.1, 0.15) is 4.88 Å². The number of hydrazine groups is 1. The first-order chi connectivity index (χ1) is 15.8. The fraction of sp³-hybridized carbons (Fsp3) is 0.130. The first-order valence-electron chi connectivity index (χ1n) is 9.92. The van der Waals surface area contributed by atoms with Gasteiger partial charge in [-0.05, 0) is 42.3 Å². The molecule has 10 heteroatoms. The van der Waals surface area contributed by atoms with Crippen molar-refractivity contribution in [2.24, 2.45) is 11.6 Å². The van der Waals surface area contributed by atoms with Gasteiger partial charge < -0.3 is 16.2 Å².